The molecular weight excluding hydrogens is 529 g/mol. The molecule has 0 bridgehead atoms. The zero-order valence-corrected chi connectivity index (χ0v) is 20.8. The van der Waals surface area contributed by atoms with Gasteiger partial charge in [0, 0.05) is 24.1 Å². The maximum Gasteiger partial charge on any atom is 0.454 e. The van der Waals surface area contributed by atoms with Crippen LogP contribution in [0.3, 0.4) is 0 Å². The molecule has 2 aliphatic rings. The van der Waals surface area contributed by atoms with E-state index >= 15 is 0 Å². The Morgan fingerprint density at radius 3 is 2.28 bits per heavy atom. The summed E-state index contributed by atoms with van der Waals surface area (Å²) in [6, 6.07) is 5.61. The van der Waals surface area contributed by atoms with Crippen LogP contribution in [0.1, 0.15) is 29.6 Å². The lowest BCUT2D eigenvalue weighted by atomic mass is 9.97. The van der Waals surface area contributed by atoms with Gasteiger partial charge in [0.25, 0.3) is 5.91 Å². The highest BCUT2D eigenvalue weighted by molar-refractivity contribution is 5.98. The number of nitrogens with two attached hydrogens (primary N) is 1. The van der Waals surface area contributed by atoms with Crippen LogP contribution >= 0.6 is 0 Å². The first-order valence-electron chi connectivity index (χ1n) is 12.3. The molecule has 1 aromatic heterocycles. The Morgan fingerprint density at radius 1 is 1.05 bits per heavy atom. The second-order valence-corrected chi connectivity index (χ2v) is 9.82. The summed E-state index contributed by atoms with van der Waals surface area (Å²) in [5.74, 6) is -5.61. The van der Waals surface area contributed by atoms with Gasteiger partial charge in [-0.2, -0.15) is 22.0 Å². The Labute approximate surface area is 220 Å². The summed E-state index contributed by atoms with van der Waals surface area (Å²) in [6.07, 6.45) is -2.55. The Kier molecular flexibility index (Phi) is 8.35. The highest BCUT2D eigenvalue weighted by atomic mass is 19.4. The number of alkyl halides is 5. The zero-order valence-electron chi connectivity index (χ0n) is 20.8. The summed E-state index contributed by atoms with van der Waals surface area (Å²) in [5, 5.41) is 9.83. The first kappa shape index (κ1) is 28.6. The number of hydrogen-bond donors (Lipinski definition) is 2. The molecule has 2 atom stereocenters. The molecule has 0 unspecified atom stereocenters. The number of hydrogen-bond acceptors (Lipinski definition) is 7. The lowest BCUT2D eigenvalue weighted by molar-refractivity contribution is -0.287. The molecule has 212 valence electrons. The lowest BCUT2D eigenvalue weighted by Crippen LogP contribution is -2.49. The second-order valence-electron chi connectivity index (χ2n) is 9.82. The minimum absolute atomic E-state index is 0.0156. The van der Waals surface area contributed by atoms with Crippen LogP contribution in [0.15, 0.2) is 36.7 Å². The number of carbonyl (C=O) groups excluding carboxylic acids is 2. The van der Waals surface area contributed by atoms with E-state index in [1.54, 1.807) is 24.3 Å². The van der Waals surface area contributed by atoms with Crippen LogP contribution in [0.5, 0.6) is 5.88 Å². The Balaban J connectivity index is 1.27. The van der Waals surface area contributed by atoms with Crippen LogP contribution in [-0.2, 0) is 4.79 Å². The molecule has 39 heavy (non-hydrogen) atoms. The molecule has 14 heteroatoms. The summed E-state index contributed by atoms with van der Waals surface area (Å²) in [7, 11) is 0. The average Bonchev–Trinajstić information content (AvgIpc) is 3.29. The van der Waals surface area contributed by atoms with Crippen molar-refractivity contribution in [3.05, 3.63) is 42.2 Å². The number of likely N-dealkylation sites (tertiary alicyclic amines) is 2. The average molecular weight is 558 g/mol. The quantitative estimate of drug-likeness (QED) is 0.479. The van der Waals surface area contributed by atoms with E-state index in [9.17, 15) is 36.6 Å². The van der Waals surface area contributed by atoms with Gasteiger partial charge in [-0.1, -0.05) is 12.1 Å². The molecule has 0 aliphatic carbocycles. The van der Waals surface area contributed by atoms with E-state index in [2.05, 4.69) is 9.97 Å². The van der Waals surface area contributed by atoms with Crippen molar-refractivity contribution in [2.24, 2.45) is 11.7 Å². The normalized spacial score (nSPS) is 21.2. The Bertz CT molecular complexity index is 1150. The Hall–Kier alpha value is -3.39. The number of aliphatic hydroxyl groups is 1. The van der Waals surface area contributed by atoms with Gasteiger partial charge in [-0.05, 0) is 44.0 Å². The maximum atomic E-state index is 13.3. The van der Waals surface area contributed by atoms with Crippen molar-refractivity contribution in [3.8, 4) is 17.1 Å². The van der Waals surface area contributed by atoms with Crippen molar-refractivity contribution in [1.29, 1.82) is 0 Å². The molecule has 4 rings (SSSR count). The predicted molar refractivity (Wildman–Crippen MR) is 128 cm³/mol. The van der Waals surface area contributed by atoms with E-state index in [1.165, 1.54) is 17.3 Å². The van der Waals surface area contributed by atoms with Crippen LogP contribution in [0.25, 0.3) is 11.3 Å². The lowest BCUT2D eigenvalue weighted by Gasteiger charge is -2.34. The minimum atomic E-state index is -5.56. The Morgan fingerprint density at radius 2 is 1.72 bits per heavy atom. The van der Waals surface area contributed by atoms with Crippen molar-refractivity contribution in [3.63, 3.8) is 0 Å². The molecule has 3 N–H and O–H groups in total. The monoisotopic (exact) mass is 557 g/mol. The van der Waals surface area contributed by atoms with Gasteiger partial charge >= 0.3 is 12.1 Å². The van der Waals surface area contributed by atoms with Crippen LogP contribution in [0, 0.1) is 5.92 Å². The van der Waals surface area contributed by atoms with Crippen molar-refractivity contribution in [1.82, 2.24) is 19.8 Å². The van der Waals surface area contributed by atoms with Crippen molar-refractivity contribution in [2.75, 3.05) is 32.8 Å². The fourth-order valence-electron chi connectivity index (χ4n) is 4.68. The number of benzene rings is 1. The number of amides is 2. The molecule has 2 saturated heterocycles. The molecule has 2 fully saturated rings. The highest BCUT2D eigenvalue weighted by Gasteiger charge is 2.58. The third-order valence-corrected chi connectivity index (χ3v) is 6.94. The molecule has 2 amide bonds. The van der Waals surface area contributed by atoms with Gasteiger partial charge in [-0.3, -0.25) is 14.5 Å². The summed E-state index contributed by atoms with van der Waals surface area (Å²) in [4.78, 5) is 35.3. The molecular formula is C25H28F5N5O4. The maximum absolute atomic E-state index is 13.3. The molecule has 0 spiro atoms. The summed E-state index contributed by atoms with van der Waals surface area (Å²) in [6.45, 7) is -0.865. The molecule has 2 aromatic rings. The molecule has 2 aliphatic heterocycles. The van der Waals surface area contributed by atoms with Gasteiger partial charge in [-0.15, -0.1) is 0 Å². The summed E-state index contributed by atoms with van der Waals surface area (Å²) >= 11 is 0. The van der Waals surface area contributed by atoms with Gasteiger partial charge in [0.1, 0.15) is 6.04 Å². The number of aromatic nitrogens is 2. The van der Waals surface area contributed by atoms with Gasteiger partial charge in [0.05, 0.1) is 37.3 Å². The van der Waals surface area contributed by atoms with E-state index in [1.807, 2.05) is 0 Å². The first-order valence-corrected chi connectivity index (χ1v) is 12.3. The van der Waals surface area contributed by atoms with E-state index < -0.39 is 42.6 Å². The number of primary amides is 1. The van der Waals surface area contributed by atoms with Crippen LogP contribution in [-0.4, -0.2) is 93.7 Å². The SMILES string of the molecule is NC(=O)[C@@H]1C[C@@H](O)CN1C(=O)c1ccc(-c2cnc(OCC3CCN(CC(F)(F)C(F)(F)F)CC3)cn2)cc1. The molecule has 3 heterocycles. The zero-order chi connectivity index (χ0) is 28.4. The van der Waals surface area contributed by atoms with Crippen LogP contribution in [0.2, 0.25) is 0 Å². The molecule has 0 saturated carbocycles. The van der Waals surface area contributed by atoms with Crippen molar-refractivity contribution < 1.29 is 41.4 Å². The number of aliphatic hydroxyl groups excluding tert-OH is 1. The number of carbonyl (C=O) groups is 2. The molecule has 1 aromatic carbocycles. The first-order chi connectivity index (χ1) is 18.3. The van der Waals surface area contributed by atoms with E-state index in [0.717, 1.165) is 4.90 Å². The van der Waals surface area contributed by atoms with E-state index in [0.29, 0.717) is 29.7 Å². The molecule has 9 nitrogen and oxygen atoms in total. The number of rotatable bonds is 8. The number of halogens is 5. The smallest absolute Gasteiger partial charge is 0.454 e. The van der Waals surface area contributed by atoms with Gasteiger partial charge in [0.15, 0.2) is 0 Å². The largest absolute Gasteiger partial charge is 0.476 e. The summed E-state index contributed by atoms with van der Waals surface area (Å²) in [5.41, 5.74) is 6.84. The third kappa shape index (κ3) is 6.79. The fraction of sp³-hybridized carbons (Fsp3) is 0.520. The van der Waals surface area contributed by atoms with Gasteiger partial charge in [0.2, 0.25) is 11.8 Å². The second kappa shape index (κ2) is 11.4. The standard InChI is InChI=1S/C25H28F5N5O4/c26-24(27,25(28,29)30)14-34-7-5-15(6-8-34)13-39-21-11-32-19(10-33-21)16-1-3-17(4-2-16)23(38)35-12-18(36)9-20(35)22(31)37/h1-4,10-11,15,18,20,36H,5-9,12-14H2,(H2,31,37)/t18-,20+/m1/s1. The van der Waals surface area contributed by atoms with Crippen molar-refractivity contribution in [2.45, 2.75) is 43.5 Å². The van der Waals surface area contributed by atoms with E-state index in [-0.39, 0.29) is 44.5 Å². The fourth-order valence-corrected chi connectivity index (χ4v) is 4.68. The predicted octanol–water partition coefficient (Wildman–Crippen LogP) is 2.49. The van der Waals surface area contributed by atoms with Gasteiger partial charge < -0.3 is 20.5 Å². The topological polar surface area (TPSA) is 122 Å². The minimum Gasteiger partial charge on any atom is -0.476 e. The number of nitrogens with zero attached hydrogens (tertiary/aromatic N) is 4. The third-order valence-electron chi connectivity index (χ3n) is 6.94. The van der Waals surface area contributed by atoms with Crippen LogP contribution < -0.4 is 10.5 Å². The highest BCUT2D eigenvalue weighted by Crippen LogP contribution is 2.36. The number of β-amino-alcohol motifs (C(OH)–C–C–N with tert-alkyl or cyclic N) is 1. The van der Waals surface area contributed by atoms with Crippen molar-refractivity contribution >= 4 is 11.8 Å². The molecule has 0 radical (unpaired) electrons. The summed E-state index contributed by atoms with van der Waals surface area (Å²) < 4.78 is 69.4. The van der Waals surface area contributed by atoms with Crippen LogP contribution in [0.4, 0.5) is 22.0 Å². The van der Waals surface area contributed by atoms with Gasteiger partial charge in [-0.25, -0.2) is 9.97 Å². The van der Waals surface area contributed by atoms with E-state index in [4.69, 9.17) is 10.5 Å². The number of ether oxygens (including phenoxy) is 1. The number of piperidine rings is 1.